The number of pyridine rings is 1. The first kappa shape index (κ1) is 10.3. The fourth-order valence-electron chi connectivity index (χ4n) is 1.86. The molecule has 84 valence electrons. The van der Waals surface area contributed by atoms with Gasteiger partial charge in [-0.3, -0.25) is 0 Å². The summed E-state index contributed by atoms with van der Waals surface area (Å²) in [6.07, 6.45) is 0. The first-order chi connectivity index (χ1) is 8.38. The zero-order valence-corrected chi connectivity index (χ0v) is 10.2. The Labute approximate surface area is 104 Å². The fraction of sp³-hybridized carbons (Fsp3) is 0.0714. The van der Waals surface area contributed by atoms with Gasteiger partial charge in [0.1, 0.15) is 5.75 Å². The van der Waals surface area contributed by atoms with E-state index >= 15 is 0 Å². The number of methoxy groups -OCH3 is 1. The third-order valence-corrected chi connectivity index (χ3v) is 3.56. The van der Waals surface area contributed by atoms with E-state index in [0.717, 1.165) is 27.2 Å². The lowest BCUT2D eigenvalue weighted by atomic mass is 10.1. The van der Waals surface area contributed by atoms with Gasteiger partial charge in [-0.2, -0.15) is 0 Å². The van der Waals surface area contributed by atoms with E-state index < -0.39 is 0 Å². The molecule has 0 N–H and O–H groups in total. The Kier molecular flexibility index (Phi) is 2.53. The van der Waals surface area contributed by atoms with Crippen molar-refractivity contribution in [1.29, 1.82) is 0 Å². The summed E-state index contributed by atoms with van der Waals surface area (Å²) in [7, 11) is 1.69. The highest BCUT2D eigenvalue weighted by Crippen LogP contribution is 2.31. The number of nitrogens with zero attached hydrogens (tertiary/aromatic N) is 1. The molecule has 1 aromatic carbocycles. The van der Waals surface area contributed by atoms with Crippen LogP contribution in [0.2, 0.25) is 0 Å². The van der Waals surface area contributed by atoms with Crippen molar-refractivity contribution in [3.63, 3.8) is 0 Å². The molecule has 0 amide bonds. The van der Waals surface area contributed by atoms with Gasteiger partial charge in [0.2, 0.25) is 0 Å². The largest absolute Gasteiger partial charge is 0.496 e. The molecule has 0 atom stereocenters. The molecule has 2 heterocycles. The molecule has 2 aromatic heterocycles. The van der Waals surface area contributed by atoms with Crippen molar-refractivity contribution >= 4 is 22.2 Å². The van der Waals surface area contributed by atoms with Crippen LogP contribution in [0.4, 0.5) is 0 Å². The molecule has 0 unspecified atom stereocenters. The average molecular weight is 241 g/mol. The Bertz CT molecular complexity index is 646. The van der Waals surface area contributed by atoms with Gasteiger partial charge in [-0.05, 0) is 23.6 Å². The maximum absolute atomic E-state index is 5.43. The molecule has 3 heteroatoms. The second-order valence-electron chi connectivity index (χ2n) is 3.70. The van der Waals surface area contributed by atoms with Crippen LogP contribution in [0.3, 0.4) is 0 Å². The van der Waals surface area contributed by atoms with Crippen LogP contribution < -0.4 is 4.74 Å². The van der Waals surface area contributed by atoms with Gasteiger partial charge in [-0.15, -0.1) is 11.3 Å². The number of hydrogen-bond acceptors (Lipinski definition) is 3. The Morgan fingerprint density at radius 2 is 2.00 bits per heavy atom. The van der Waals surface area contributed by atoms with Crippen LogP contribution in [-0.4, -0.2) is 12.1 Å². The van der Waals surface area contributed by atoms with E-state index in [2.05, 4.69) is 16.4 Å². The predicted octanol–water partition coefficient (Wildman–Crippen LogP) is 3.97. The van der Waals surface area contributed by atoms with Crippen LogP contribution in [-0.2, 0) is 0 Å². The third-order valence-electron chi connectivity index (χ3n) is 2.67. The fourth-order valence-corrected chi connectivity index (χ4v) is 2.55. The predicted molar refractivity (Wildman–Crippen MR) is 71.6 cm³/mol. The topological polar surface area (TPSA) is 22.1 Å². The van der Waals surface area contributed by atoms with Crippen molar-refractivity contribution in [2.45, 2.75) is 0 Å². The second kappa shape index (κ2) is 4.18. The summed E-state index contributed by atoms with van der Waals surface area (Å²) in [6.45, 7) is 0. The first-order valence-electron chi connectivity index (χ1n) is 5.36. The van der Waals surface area contributed by atoms with Crippen LogP contribution in [0.1, 0.15) is 0 Å². The molecule has 0 fully saturated rings. The lowest BCUT2D eigenvalue weighted by molar-refractivity contribution is 0.419. The summed E-state index contributed by atoms with van der Waals surface area (Å²) in [5, 5.41) is 3.11. The van der Waals surface area contributed by atoms with E-state index in [-0.39, 0.29) is 0 Å². The Balaban J connectivity index is 2.28. The molecule has 0 aliphatic heterocycles. The van der Waals surface area contributed by atoms with Gasteiger partial charge in [0, 0.05) is 11.5 Å². The van der Waals surface area contributed by atoms with E-state index in [1.54, 1.807) is 18.4 Å². The molecular formula is C14H11NOS. The third kappa shape index (κ3) is 1.78. The lowest BCUT2D eigenvalue weighted by Crippen LogP contribution is -1.89. The number of thiophene rings is 1. The van der Waals surface area contributed by atoms with Crippen molar-refractivity contribution in [3.05, 3.63) is 47.8 Å². The van der Waals surface area contributed by atoms with Crippen molar-refractivity contribution in [1.82, 2.24) is 4.98 Å². The average Bonchev–Trinajstić information content (AvgIpc) is 2.91. The Morgan fingerprint density at radius 3 is 2.76 bits per heavy atom. The minimum absolute atomic E-state index is 0.874. The van der Waals surface area contributed by atoms with Crippen molar-refractivity contribution in [2.75, 3.05) is 7.11 Å². The molecule has 0 aliphatic carbocycles. The zero-order chi connectivity index (χ0) is 11.7. The maximum atomic E-state index is 5.43. The quantitative estimate of drug-likeness (QED) is 0.677. The van der Waals surface area contributed by atoms with Gasteiger partial charge in [-0.25, -0.2) is 4.98 Å². The maximum Gasteiger partial charge on any atom is 0.130 e. The molecule has 2 nitrogen and oxygen atoms in total. The monoisotopic (exact) mass is 241 g/mol. The smallest absolute Gasteiger partial charge is 0.130 e. The van der Waals surface area contributed by atoms with Crippen molar-refractivity contribution in [2.24, 2.45) is 0 Å². The van der Waals surface area contributed by atoms with Crippen molar-refractivity contribution < 1.29 is 4.74 Å². The molecule has 0 saturated heterocycles. The molecule has 0 bridgehead atoms. The van der Waals surface area contributed by atoms with E-state index in [1.807, 2.05) is 36.4 Å². The Morgan fingerprint density at radius 1 is 1.12 bits per heavy atom. The highest BCUT2D eigenvalue weighted by atomic mass is 32.1. The van der Waals surface area contributed by atoms with Crippen LogP contribution in [0.15, 0.2) is 47.8 Å². The highest BCUT2D eigenvalue weighted by molar-refractivity contribution is 7.13. The minimum atomic E-state index is 0.874. The molecule has 0 spiro atoms. The van der Waals surface area contributed by atoms with Gasteiger partial charge in [0.25, 0.3) is 0 Å². The van der Waals surface area contributed by atoms with Crippen LogP contribution in [0.5, 0.6) is 5.75 Å². The van der Waals surface area contributed by atoms with Gasteiger partial charge in [-0.1, -0.05) is 18.2 Å². The summed E-state index contributed by atoms with van der Waals surface area (Å²) in [5.74, 6) is 0.874. The van der Waals surface area contributed by atoms with E-state index in [1.165, 1.54) is 0 Å². The first-order valence-corrected chi connectivity index (χ1v) is 6.24. The van der Waals surface area contributed by atoms with E-state index in [9.17, 15) is 0 Å². The number of para-hydroxylation sites is 1. The van der Waals surface area contributed by atoms with E-state index in [0.29, 0.717) is 0 Å². The number of aromatic nitrogens is 1. The molecule has 0 saturated carbocycles. The second-order valence-corrected chi connectivity index (χ2v) is 4.65. The van der Waals surface area contributed by atoms with Crippen LogP contribution in [0.25, 0.3) is 21.5 Å². The summed E-state index contributed by atoms with van der Waals surface area (Å²) in [4.78, 5) is 5.82. The van der Waals surface area contributed by atoms with E-state index in [4.69, 9.17) is 4.74 Å². The van der Waals surface area contributed by atoms with Gasteiger partial charge < -0.3 is 4.74 Å². The van der Waals surface area contributed by atoms with Crippen LogP contribution >= 0.6 is 11.3 Å². The number of hydrogen-bond donors (Lipinski definition) is 0. The number of benzene rings is 1. The summed E-state index contributed by atoms with van der Waals surface area (Å²) in [5.41, 5.74) is 1.94. The molecule has 17 heavy (non-hydrogen) atoms. The highest BCUT2D eigenvalue weighted by Gasteiger charge is 2.07. The normalized spacial score (nSPS) is 10.6. The summed E-state index contributed by atoms with van der Waals surface area (Å²) >= 11 is 1.69. The molecule has 3 rings (SSSR count). The van der Waals surface area contributed by atoms with Crippen LogP contribution in [0, 0.1) is 0 Å². The zero-order valence-electron chi connectivity index (χ0n) is 9.38. The molecule has 0 aliphatic rings. The minimum Gasteiger partial charge on any atom is -0.496 e. The van der Waals surface area contributed by atoms with Gasteiger partial charge in [0.05, 0.1) is 23.2 Å². The van der Waals surface area contributed by atoms with Gasteiger partial charge >= 0.3 is 0 Å². The van der Waals surface area contributed by atoms with Gasteiger partial charge in [0.15, 0.2) is 0 Å². The summed E-state index contributed by atoms with van der Waals surface area (Å²) < 4.78 is 5.43. The number of fused-ring (bicyclic) bond motifs is 1. The molecule has 3 aromatic rings. The molecule has 0 radical (unpaired) electrons. The number of rotatable bonds is 2. The standard InChI is InChI=1S/C14H11NOS/c1-16-13-9-12(14-7-4-8-17-14)15-11-6-3-2-5-10(11)13/h2-9H,1H3. The number of ether oxygens (including phenoxy) is 1. The van der Waals surface area contributed by atoms with Crippen molar-refractivity contribution in [3.8, 4) is 16.3 Å². The summed E-state index contributed by atoms with van der Waals surface area (Å²) in [6, 6.07) is 14.1. The lowest BCUT2D eigenvalue weighted by Gasteiger charge is -2.07. The molecular weight excluding hydrogens is 230 g/mol. The SMILES string of the molecule is COc1cc(-c2cccs2)nc2ccccc12. The Hall–Kier alpha value is -1.87.